The van der Waals surface area contributed by atoms with Gasteiger partial charge in [0.25, 0.3) is 5.91 Å². The van der Waals surface area contributed by atoms with Crippen molar-refractivity contribution < 1.29 is 14.3 Å². The summed E-state index contributed by atoms with van der Waals surface area (Å²) in [6.07, 6.45) is 4.34. The van der Waals surface area contributed by atoms with Crippen molar-refractivity contribution in [3.63, 3.8) is 0 Å². The predicted molar refractivity (Wildman–Crippen MR) is 92.7 cm³/mol. The van der Waals surface area contributed by atoms with Gasteiger partial charge in [-0.3, -0.25) is 9.69 Å². The topological polar surface area (TPSA) is 63.2 Å². The lowest BCUT2D eigenvalue weighted by molar-refractivity contribution is -0.122. The molecule has 1 amide bonds. The average molecular weight is 331 g/mol. The molecule has 1 aromatic rings. The Labute approximate surface area is 142 Å². The summed E-state index contributed by atoms with van der Waals surface area (Å²) < 4.78 is 11.1. The first kappa shape index (κ1) is 16.8. The van der Waals surface area contributed by atoms with Crippen molar-refractivity contribution in [1.82, 2.24) is 10.3 Å². The summed E-state index contributed by atoms with van der Waals surface area (Å²) in [7, 11) is 0. The molecule has 6 heteroatoms. The van der Waals surface area contributed by atoms with Gasteiger partial charge in [-0.15, -0.1) is 0 Å². The number of benzene rings is 1. The number of piperidine rings is 1. The number of likely N-dealkylation sites (tertiary alicyclic amines) is 1. The summed E-state index contributed by atoms with van der Waals surface area (Å²) in [6.45, 7) is 5.57. The van der Waals surface area contributed by atoms with Gasteiger partial charge in [-0.25, -0.2) is 5.43 Å². The van der Waals surface area contributed by atoms with Crippen molar-refractivity contribution in [1.29, 1.82) is 0 Å². The molecule has 0 spiro atoms. The maximum Gasteiger partial charge on any atom is 0.254 e. The highest BCUT2D eigenvalue weighted by molar-refractivity contribution is 6.01. The van der Waals surface area contributed by atoms with E-state index in [0.717, 1.165) is 42.3 Å². The molecule has 0 radical (unpaired) electrons. The monoisotopic (exact) mass is 331 g/mol. The van der Waals surface area contributed by atoms with Crippen LogP contribution in [0.3, 0.4) is 0 Å². The first-order chi connectivity index (χ1) is 11.8. The number of nitrogens with zero attached hydrogens (tertiary/aromatic N) is 2. The highest BCUT2D eigenvalue weighted by Crippen LogP contribution is 2.31. The highest BCUT2D eigenvalue weighted by atomic mass is 16.6. The number of fused-ring (bicyclic) bond motifs is 1. The van der Waals surface area contributed by atoms with Gasteiger partial charge in [0, 0.05) is 5.56 Å². The Kier molecular flexibility index (Phi) is 5.69. The molecule has 1 saturated heterocycles. The molecule has 0 aliphatic carbocycles. The largest absolute Gasteiger partial charge is 0.486 e. The Morgan fingerprint density at radius 1 is 1.17 bits per heavy atom. The Balaban J connectivity index is 1.62. The molecular formula is C18H25N3O3. The second-order valence-electron chi connectivity index (χ2n) is 6.14. The number of hydrazone groups is 1. The van der Waals surface area contributed by atoms with E-state index >= 15 is 0 Å². The summed E-state index contributed by atoms with van der Waals surface area (Å²) in [4.78, 5) is 14.3. The number of rotatable bonds is 5. The van der Waals surface area contributed by atoms with Gasteiger partial charge in [0.15, 0.2) is 11.5 Å². The van der Waals surface area contributed by atoms with E-state index in [4.69, 9.17) is 9.47 Å². The Bertz CT molecular complexity index is 610. The van der Waals surface area contributed by atoms with E-state index in [1.54, 1.807) is 0 Å². The molecule has 2 aliphatic heterocycles. The summed E-state index contributed by atoms with van der Waals surface area (Å²) in [5, 5.41) is 4.32. The molecule has 0 saturated carbocycles. The van der Waals surface area contributed by atoms with Gasteiger partial charge in [0.2, 0.25) is 0 Å². The van der Waals surface area contributed by atoms with E-state index in [1.807, 2.05) is 25.1 Å². The van der Waals surface area contributed by atoms with Gasteiger partial charge in [-0.2, -0.15) is 5.10 Å². The predicted octanol–water partition coefficient (Wildman–Crippen LogP) is 2.17. The molecule has 1 fully saturated rings. The van der Waals surface area contributed by atoms with Crippen LogP contribution in [-0.2, 0) is 4.79 Å². The second kappa shape index (κ2) is 8.15. The van der Waals surface area contributed by atoms with Crippen molar-refractivity contribution in [3.8, 4) is 11.5 Å². The van der Waals surface area contributed by atoms with Crippen LogP contribution < -0.4 is 14.9 Å². The van der Waals surface area contributed by atoms with Gasteiger partial charge in [-0.1, -0.05) is 13.3 Å². The molecule has 2 heterocycles. The van der Waals surface area contributed by atoms with Crippen molar-refractivity contribution in [3.05, 3.63) is 23.8 Å². The SMILES string of the molecule is CC/C(=N/NC(=O)CN1CCCCC1)c1ccc2c(c1)OCCO2. The average Bonchev–Trinajstić information content (AvgIpc) is 2.63. The third kappa shape index (κ3) is 4.26. The van der Waals surface area contributed by atoms with Crippen LogP contribution in [-0.4, -0.2) is 49.4 Å². The van der Waals surface area contributed by atoms with E-state index in [1.165, 1.54) is 19.3 Å². The number of carbonyl (C=O) groups is 1. The molecule has 0 unspecified atom stereocenters. The maximum atomic E-state index is 12.1. The van der Waals surface area contributed by atoms with Gasteiger partial charge in [0.05, 0.1) is 12.3 Å². The number of carbonyl (C=O) groups excluding carboxylic acids is 1. The zero-order valence-electron chi connectivity index (χ0n) is 14.2. The third-order valence-corrected chi connectivity index (χ3v) is 4.34. The molecule has 1 aromatic carbocycles. The lowest BCUT2D eigenvalue weighted by Gasteiger charge is -2.25. The Morgan fingerprint density at radius 3 is 2.67 bits per heavy atom. The molecule has 0 bridgehead atoms. The zero-order chi connectivity index (χ0) is 16.8. The van der Waals surface area contributed by atoms with Gasteiger partial charge < -0.3 is 9.47 Å². The van der Waals surface area contributed by atoms with Crippen molar-refractivity contribution in [2.75, 3.05) is 32.8 Å². The Morgan fingerprint density at radius 2 is 1.92 bits per heavy atom. The van der Waals surface area contributed by atoms with Gasteiger partial charge in [0.1, 0.15) is 13.2 Å². The number of nitrogens with one attached hydrogen (secondary N) is 1. The number of hydrogen-bond acceptors (Lipinski definition) is 5. The molecule has 0 aromatic heterocycles. The standard InChI is InChI=1S/C18H25N3O3/c1-2-15(14-6-7-16-17(12-14)24-11-10-23-16)19-20-18(22)13-21-8-4-3-5-9-21/h6-7,12H,2-5,8-11,13H2,1H3,(H,20,22)/b19-15-. The van der Waals surface area contributed by atoms with Crippen LogP contribution in [0.4, 0.5) is 0 Å². The van der Waals surface area contributed by atoms with E-state index in [0.29, 0.717) is 19.8 Å². The van der Waals surface area contributed by atoms with E-state index in [9.17, 15) is 4.79 Å². The van der Waals surface area contributed by atoms with Crippen LogP contribution in [0.15, 0.2) is 23.3 Å². The first-order valence-corrected chi connectivity index (χ1v) is 8.74. The third-order valence-electron chi connectivity index (χ3n) is 4.34. The number of ether oxygens (including phenoxy) is 2. The summed E-state index contributed by atoms with van der Waals surface area (Å²) >= 11 is 0. The lowest BCUT2D eigenvalue weighted by Crippen LogP contribution is -2.38. The minimum Gasteiger partial charge on any atom is -0.486 e. The van der Waals surface area contributed by atoms with Crippen molar-refractivity contribution >= 4 is 11.6 Å². The van der Waals surface area contributed by atoms with Crippen LogP contribution in [0, 0.1) is 0 Å². The summed E-state index contributed by atoms with van der Waals surface area (Å²) in [5.74, 6) is 1.44. The first-order valence-electron chi connectivity index (χ1n) is 8.74. The molecule has 0 atom stereocenters. The number of amides is 1. The molecule has 1 N–H and O–H groups in total. The maximum absolute atomic E-state index is 12.1. The van der Waals surface area contributed by atoms with Crippen LogP contribution in [0.5, 0.6) is 11.5 Å². The summed E-state index contributed by atoms with van der Waals surface area (Å²) in [5.41, 5.74) is 4.47. The zero-order valence-corrected chi connectivity index (χ0v) is 14.2. The van der Waals surface area contributed by atoms with Crippen LogP contribution >= 0.6 is 0 Å². The van der Waals surface area contributed by atoms with E-state index in [-0.39, 0.29) is 5.91 Å². The minimum absolute atomic E-state index is 0.0552. The normalized spacial score (nSPS) is 18.3. The molecule has 2 aliphatic rings. The molecular weight excluding hydrogens is 306 g/mol. The van der Waals surface area contributed by atoms with Crippen molar-refractivity contribution in [2.45, 2.75) is 32.6 Å². The number of hydrogen-bond donors (Lipinski definition) is 1. The fourth-order valence-electron chi connectivity index (χ4n) is 3.06. The smallest absolute Gasteiger partial charge is 0.254 e. The molecule has 130 valence electrons. The molecule has 3 rings (SSSR count). The molecule has 6 nitrogen and oxygen atoms in total. The van der Waals surface area contributed by atoms with Gasteiger partial charge >= 0.3 is 0 Å². The Hall–Kier alpha value is -2.08. The van der Waals surface area contributed by atoms with E-state index < -0.39 is 0 Å². The minimum atomic E-state index is -0.0552. The van der Waals surface area contributed by atoms with Crippen molar-refractivity contribution in [2.24, 2.45) is 5.10 Å². The fraction of sp³-hybridized carbons (Fsp3) is 0.556. The van der Waals surface area contributed by atoms with Crippen LogP contribution in [0.25, 0.3) is 0 Å². The fourth-order valence-corrected chi connectivity index (χ4v) is 3.06. The highest BCUT2D eigenvalue weighted by Gasteiger charge is 2.15. The van der Waals surface area contributed by atoms with E-state index in [2.05, 4.69) is 15.4 Å². The second-order valence-corrected chi connectivity index (χ2v) is 6.14. The lowest BCUT2D eigenvalue weighted by atomic mass is 10.1. The molecule has 24 heavy (non-hydrogen) atoms. The quantitative estimate of drug-likeness (QED) is 0.663. The van der Waals surface area contributed by atoms with Crippen LogP contribution in [0.1, 0.15) is 38.2 Å². The van der Waals surface area contributed by atoms with Crippen LogP contribution in [0.2, 0.25) is 0 Å². The van der Waals surface area contributed by atoms with Gasteiger partial charge in [-0.05, 0) is 50.6 Å². The summed E-state index contributed by atoms with van der Waals surface area (Å²) in [6, 6.07) is 5.77.